The molecular weight excluding hydrogens is 426 g/mol. The van der Waals surface area contributed by atoms with E-state index < -0.39 is 0 Å². The zero-order valence-corrected chi connectivity index (χ0v) is 22.4. The predicted molar refractivity (Wildman–Crippen MR) is 147 cm³/mol. The molecule has 0 aliphatic carbocycles. The summed E-state index contributed by atoms with van der Waals surface area (Å²) in [5, 5.41) is 14.2. The SMILES string of the molecule is CC(=N)NC(CSCC=C(C)CCC=C(C)CCC=C(C)CCC=C(C)C)C1=COC=CN1. The second-order valence-electron chi connectivity index (χ2n) is 9.06. The van der Waals surface area contributed by atoms with Gasteiger partial charge in [0.15, 0.2) is 0 Å². The molecule has 0 saturated heterocycles. The van der Waals surface area contributed by atoms with Crippen LogP contribution in [-0.2, 0) is 4.74 Å². The number of thioether (sulfide) groups is 1. The number of hydrogen-bond donors (Lipinski definition) is 3. The topological polar surface area (TPSA) is 57.1 Å². The number of nitrogens with one attached hydrogen (secondary N) is 3. The fourth-order valence-corrected chi connectivity index (χ4v) is 4.38. The summed E-state index contributed by atoms with van der Waals surface area (Å²) < 4.78 is 5.26. The third-order valence-electron chi connectivity index (χ3n) is 5.35. The fraction of sp³-hybridized carbons (Fsp3) is 0.536. The monoisotopic (exact) mass is 471 g/mol. The van der Waals surface area contributed by atoms with Crippen LogP contribution in [0.2, 0.25) is 0 Å². The summed E-state index contributed by atoms with van der Waals surface area (Å²) in [5.41, 5.74) is 6.80. The van der Waals surface area contributed by atoms with Crippen molar-refractivity contribution < 1.29 is 4.74 Å². The van der Waals surface area contributed by atoms with Gasteiger partial charge in [-0.15, -0.1) is 0 Å². The van der Waals surface area contributed by atoms with E-state index in [4.69, 9.17) is 10.1 Å². The molecule has 0 radical (unpaired) electrons. The van der Waals surface area contributed by atoms with Gasteiger partial charge < -0.3 is 15.4 Å². The molecule has 33 heavy (non-hydrogen) atoms. The van der Waals surface area contributed by atoms with Gasteiger partial charge in [-0.1, -0.05) is 46.6 Å². The van der Waals surface area contributed by atoms with Crippen LogP contribution in [0, 0.1) is 5.41 Å². The summed E-state index contributed by atoms with van der Waals surface area (Å²) in [6.07, 6.45) is 21.4. The zero-order valence-electron chi connectivity index (χ0n) is 21.6. The largest absolute Gasteiger partial charge is 0.469 e. The zero-order chi connectivity index (χ0) is 24.5. The lowest BCUT2D eigenvalue weighted by molar-refractivity contribution is 0.376. The van der Waals surface area contributed by atoms with Gasteiger partial charge >= 0.3 is 0 Å². The van der Waals surface area contributed by atoms with E-state index in [9.17, 15) is 0 Å². The Morgan fingerprint density at radius 3 is 2.03 bits per heavy atom. The van der Waals surface area contributed by atoms with E-state index in [1.165, 1.54) is 28.7 Å². The smallest absolute Gasteiger partial charge is 0.112 e. The molecule has 0 aromatic carbocycles. The van der Waals surface area contributed by atoms with Gasteiger partial charge in [0, 0.05) is 17.7 Å². The average molecular weight is 472 g/mol. The molecular formula is C28H45N3OS. The van der Waals surface area contributed by atoms with Crippen molar-refractivity contribution >= 4 is 17.6 Å². The van der Waals surface area contributed by atoms with E-state index in [1.54, 1.807) is 25.6 Å². The molecule has 1 rings (SSSR count). The molecule has 1 aliphatic rings. The Kier molecular flexibility index (Phi) is 15.2. The second-order valence-corrected chi connectivity index (χ2v) is 10.1. The first kappa shape index (κ1) is 28.9. The summed E-state index contributed by atoms with van der Waals surface area (Å²) in [5.74, 6) is 2.31. The quantitative estimate of drug-likeness (QED) is 0.0988. The summed E-state index contributed by atoms with van der Waals surface area (Å²) in [6.45, 7) is 12.8. The van der Waals surface area contributed by atoms with Crippen molar-refractivity contribution in [3.8, 4) is 0 Å². The van der Waals surface area contributed by atoms with Crippen molar-refractivity contribution in [3.63, 3.8) is 0 Å². The van der Waals surface area contributed by atoms with E-state index in [0.717, 1.165) is 49.3 Å². The van der Waals surface area contributed by atoms with Gasteiger partial charge in [0.05, 0.1) is 17.6 Å². The lowest BCUT2D eigenvalue weighted by Gasteiger charge is -2.23. The molecule has 1 aliphatic heterocycles. The van der Waals surface area contributed by atoms with Gasteiger partial charge in [0.1, 0.15) is 12.5 Å². The van der Waals surface area contributed by atoms with Gasteiger partial charge in [-0.2, -0.15) is 11.8 Å². The molecule has 1 heterocycles. The minimum absolute atomic E-state index is 0.0432. The molecule has 0 saturated carbocycles. The van der Waals surface area contributed by atoms with Crippen molar-refractivity contribution in [1.82, 2.24) is 10.6 Å². The van der Waals surface area contributed by atoms with Crippen LogP contribution in [0.25, 0.3) is 0 Å². The molecule has 0 amide bonds. The third kappa shape index (κ3) is 15.3. The number of hydrogen-bond acceptors (Lipinski definition) is 4. The highest BCUT2D eigenvalue weighted by molar-refractivity contribution is 7.99. The lowest BCUT2D eigenvalue weighted by Crippen LogP contribution is -2.40. The minimum atomic E-state index is 0.0432. The first-order chi connectivity index (χ1) is 15.8. The highest BCUT2D eigenvalue weighted by Gasteiger charge is 2.15. The lowest BCUT2D eigenvalue weighted by atomic mass is 10.0. The molecule has 5 heteroatoms. The molecule has 0 aromatic rings. The highest BCUT2D eigenvalue weighted by atomic mass is 32.2. The molecule has 4 nitrogen and oxygen atoms in total. The molecule has 0 fully saturated rings. The Hall–Kier alpha value is -2.14. The van der Waals surface area contributed by atoms with Gasteiger partial charge in [0.2, 0.25) is 0 Å². The van der Waals surface area contributed by atoms with Crippen molar-refractivity contribution in [2.24, 2.45) is 0 Å². The van der Waals surface area contributed by atoms with E-state index in [2.05, 4.69) is 69.6 Å². The molecule has 3 N–H and O–H groups in total. The van der Waals surface area contributed by atoms with Crippen molar-refractivity contribution in [3.05, 3.63) is 71.0 Å². The van der Waals surface area contributed by atoms with E-state index in [-0.39, 0.29) is 6.04 Å². The Bertz CT molecular complexity index is 783. The van der Waals surface area contributed by atoms with Crippen LogP contribution in [0.5, 0.6) is 0 Å². The Morgan fingerprint density at radius 1 is 0.939 bits per heavy atom. The summed E-state index contributed by atoms with van der Waals surface area (Å²) >= 11 is 1.86. The maximum absolute atomic E-state index is 7.75. The molecule has 0 spiro atoms. The molecule has 1 atom stereocenters. The van der Waals surface area contributed by atoms with Crippen molar-refractivity contribution in [1.29, 1.82) is 5.41 Å². The van der Waals surface area contributed by atoms with Gasteiger partial charge in [-0.05, 0) is 80.1 Å². The van der Waals surface area contributed by atoms with Crippen LogP contribution in [0.4, 0.5) is 0 Å². The molecule has 1 unspecified atom stereocenters. The molecule has 0 aromatic heterocycles. The number of amidine groups is 1. The number of allylic oxidation sites excluding steroid dienone is 7. The summed E-state index contributed by atoms with van der Waals surface area (Å²) in [7, 11) is 0. The van der Waals surface area contributed by atoms with Crippen LogP contribution in [0.3, 0.4) is 0 Å². The Labute approximate surface area is 206 Å². The van der Waals surface area contributed by atoms with Crippen LogP contribution in [0.1, 0.15) is 80.1 Å². The van der Waals surface area contributed by atoms with Crippen LogP contribution < -0.4 is 10.6 Å². The standard InChI is InChI=1S/C28H45N3OS/c1-22(2)10-7-11-23(3)12-8-13-24(4)14-9-15-25(5)16-19-33-21-28(31-26(6)29)27-20-32-18-17-30-27/h10,12,14,16-18,20,28,30H,7-9,11,13,15,19,21H2,1-6H3,(H2,29,31). The normalized spacial score (nSPS) is 15.3. The summed E-state index contributed by atoms with van der Waals surface area (Å²) in [6, 6.07) is 0.0432. The molecule has 0 bridgehead atoms. The van der Waals surface area contributed by atoms with E-state index >= 15 is 0 Å². The van der Waals surface area contributed by atoms with E-state index in [1.807, 2.05) is 11.8 Å². The summed E-state index contributed by atoms with van der Waals surface area (Å²) in [4.78, 5) is 0. The van der Waals surface area contributed by atoms with Crippen LogP contribution in [0.15, 0.2) is 71.0 Å². The Morgan fingerprint density at radius 2 is 1.52 bits per heavy atom. The van der Waals surface area contributed by atoms with Gasteiger partial charge in [-0.25, -0.2) is 0 Å². The van der Waals surface area contributed by atoms with Gasteiger partial charge in [0.25, 0.3) is 0 Å². The Balaban J connectivity index is 2.29. The van der Waals surface area contributed by atoms with E-state index in [0.29, 0.717) is 5.84 Å². The van der Waals surface area contributed by atoms with Crippen molar-refractivity contribution in [2.75, 3.05) is 11.5 Å². The average Bonchev–Trinajstić information content (AvgIpc) is 2.76. The first-order valence-electron chi connectivity index (χ1n) is 12.0. The number of rotatable bonds is 15. The first-order valence-corrected chi connectivity index (χ1v) is 13.2. The maximum atomic E-state index is 7.75. The third-order valence-corrected chi connectivity index (χ3v) is 6.32. The van der Waals surface area contributed by atoms with Crippen LogP contribution >= 0.6 is 11.8 Å². The number of ether oxygens (including phenoxy) is 1. The highest BCUT2D eigenvalue weighted by Crippen LogP contribution is 2.15. The van der Waals surface area contributed by atoms with Crippen LogP contribution in [-0.4, -0.2) is 23.4 Å². The van der Waals surface area contributed by atoms with Gasteiger partial charge in [-0.3, -0.25) is 5.41 Å². The second kappa shape index (κ2) is 17.4. The minimum Gasteiger partial charge on any atom is -0.469 e. The predicted octanol–water partition coefficient (Wildman–Crippen LogP) is 7.75. The van der Waals surface area contributed by atoms with Crippen molar-refractivity contribution in [2.45, 2.75) is 86.1 Å². The maximum Gasteiger partial charge on any atom is 0.112 e. The molecule has 184 valence electrons. The fourth-order valence-electron chi connectivity index (χ4n) is 3.34.